The van der Waals surface area contributed by atoms with Crippen LogP contribution < -0.4 is 15.5 Å². The lowest BCUT2D eigenvalue weighted by Gasteiger charge is -2.40. The molecule has 10 heteroatoms. The molecule has 1 aromatic carbocycles. The molecule has 0 bridgehead atoms. The van der Waals surface area contributed by atoms with Crippen molar-refractivity contribution < 1.29 is 14.3 Å². The molecule has 3 N–H and O–H groups in total. The number of carbonyl (C=O) groups is 1. The van der Waals surface area contributed by atoms with Gasteiger partial charge in [0.1, 0.15) is 17.3 Å². The van der Waals surface area contributed by atoms with Gasteiger partial charge in [0.25, 0.3) is 5.91 Å². The van der Waals surface area contributed by atoms with Crippen molar-refractivity contribution in [1.29, 1.82) is 0 Å². The Bertz CT molecular complexity index is 1620. The molecular weight excluding hydrogens is 521 g/mol. The number of nitrogens with one attached hydrogen (secondary N) is 2. The van der Waals surface area contributed by atoms with Gasteiger partial charge in [-0.25, -0.2) is 14.4 Å². The highest BCUT2D eigenvalue weighted by Crippen LogP contribution is 2.37. The van der Waals surface area contributed by atoms with Crippen LogP contribution in [0.3, 0.4) is 0 Å². The van der Waals surface area contributed by atoms with E-state index in [9.17, 15) is 14.3 Å². The van der Waals surface area contributed by atoms with Crippen LogP contribution in [0.15, 0.2) is 48.8 Å². The average Bonchev–Trinajstić information content (AvgIpc) is 3.52. The van der Waals surface area contributed by atoms with E-state index in [2.05, 4.69) is 31.5 Å². The maximum atomic E-state index is 13.7. The molecule has 2 aliphatic rings. The third kappa shape index (κ3) is 5.25. The molecule has 1 fully saturated rings. The summed E-state index contributed by atoms with van der Waals surface area (Å²) in [6.45, 7) is 6.53. The van der Waals surface area contributed by atoms with Crippen LogP contribution in [0.2, 0.25) is 0 Å². The zero-order valence-corrected chi connectivity index (χ0v) is 23.9. The first-order valence-corrected chi connectivity index (χ1v) is 14.0. The van der Waals surface area contributed by atoms with Crippen LogP contribution in [0.5, 0.6) is 0 Å². The topological polar surface area (TPSA) is 98.0 Å². The van der Waals surface area contributed by atoms with Crippen LogP contribution in [0.25, 0.3) is 16.9 Å². The fraction of sp³-hybridized carbons (Fsp3) is 0.387. The molecule has 3 aromatic heterocycles. The van der Waals surface area contributed by atoms with Gasteiger partial charge >= 0.3 is 0 Å². The second-order valence-electron chi connectivity index (χ2n) is 11.9. The number of amides is 1. The van der Waals surface area contributed by atoms with Crippen LogP contribution in [-0.4, -0.2) is 63.1 Å². The molecule has 214 valence electrons. The van der Waals surface area contributed by atoms with Crippen LogP contribution in [0.1, 0.15) is 48.3 Å². The second kappa shape index (κ2) is 10.4. The minimum atomic E-state index is -0.734. The number of imidazole rings is 1. The number of rotatable bonds is 7. The number of pyridine rings is 2. The molecule has 5 heterocycles. The smallest absolute Gasteiger partial charge is 0.254 e. The summed E-state index contributed by atoms with van der Waals surface area (Å²) in [5.74, 6) is 0.343. The standard InChI is InChI=1S/C31H36FN7O2/c1-31(2,41)19-6-5-12-38(17-19)25-9-10-27(36-24(25)18-37(3)4)35-23-8-7-21(22-15-34-30(40)29(22)23)26-16-33-28-14-20(32)11-13-39(26)28/h7-11,13-14,16,19,41H,5-6,12,15,17-18H2,1-4H3,(H,34,40)(H,35,36)/t19-/m1/s1. The van der Waals surface area contributed by atoms with E-state index in [1.54, 1.807) is 12.4 Å². The Kier molecular flexibility index (Phi) is 6.91. The molecular formula is C31H36FN7O2. The number of nitrogens with zero attached hydrogens (tertiary/aromatic N) is 5. The minimum absolute atomic E-state index is 0.152. The molecule has 0 radical (unpaired) electrons. The lowest BCUT2D eigenvalue weighted by atomic mass is 9.84. The highest BCUT2D eigenvalue weighted by Gasteiger charge is 2.32. The van der Waals surface area contributed by atoms with Crippen molar-refractivity contribution in [2.24, 2.45) is 5.92 Å². The maximum absolute atomic E-state index is 13.7. The van der Waals surface area contributed by atoms with E-state index in [-0.39, 0.29) is 17.6 Å². The molecule has 0 saturated carbocycles. The number of aliphatic hydroxyl groups is 1. The predicted octanol–water partition coefficient (Wildman–Crippen LogP) is 4.57. The molecule has 1 atom stereocenters. The van der Waals surface area contributed by atoms with Crippen molar-refractivity contribution in [2.75, 3.05) is 37.4 Å². The zero-order valence-electron chi connectivity index (χ0n) is 23.9. The Hall–Kier alpha value is -4.02. The summed E-state index contributed by atoms with van der Waals surface area (Å²) < 4.78 is 15.6. The third-order valence-electron chi connectivity index (χ3n) is 8.16. The summed E-state index contributed by atoms with van der Waals surface area (Å²) in [6.07, 6.45) is 5.38. The summed E-state index contributed by atoms with van der Waals surface area (Å²) in [5.41, 5.74) is 5.55. The van der Waals surface area contributed by atoms with E-state index in [0.717, 1.165) is 54.1 Å². The third-order valence-corrected chi connectivity index (χ3v) is 8.16. The molecule has 6 rings (SSSR count). The van der Waals surface area contributed by atoms with Crippen LogP contribution >= 0.6 is 0 Å². The van der Waals surface area contributed by atoms with E-state index in [4.69, 9.17) is 4.98 Å². The number of hydrogen-bond donors (Lipinski definition) is 3. The summed E-state index contributed by atoms with van der Waals surface area (Å²) in [4.78, 5) is 26.8. The van der Waals surface area contributed by atoms with Gasteiger partial charge in [0.2, 0.25) is 0 Å². The number of hydrogen-bond acceptors (Lipinski definition) is 7. The largest absolute Gasteiger partial charge is 0.390 e. The van der Waals surface area contributed by atoms with Gasteiger partial charge in [-0.3, -0.25) is 9.20 Å². The lowest BCUT2D eigenvalue weighted by Crippen LogP contribution is -2.45. The van der Waals surface area contributed by atoms with E-state index >= 15 is 0 Å². The quantitative estimate of drug-likeness (QED) is 0.306. The van der Waals surface area contributed by atoms with Crippen molar-refractivity contribution in [3.8, 4) is 11.3 Å². The number of benzene rings is 1. The first-order chi connectivity index (χ1) is 19.6. The van der Waals surface area contributed by atoms with Crippen LogP contribution in [0.4, 0.5) is 21.6 Å². The Morgan fingerprint density at radius 1 is 1.22 bits per heavy atom. The molecule has 0 unspecified atom stereocenters. The molecule has 1 amide bonds. The Labute approximate surface area is 239 Å². The fourth-order valence-corrected chi connectivity index (χ4v) is 6.03. The van der Waals surface area contributed by atoms with E-state index in [1.165, 1.54) is 12.1 Å². The number of aromatic nitrogens is 3. The number of anilines is 3. The number of fused-ring (bicyclic) bond motifs is 2. The van der Waals surface area contributed by atoms with Crippen molar-refractivity contribution in [2.45, 2.75) is 45.4 Å². The normalized spacial score (nSPS) is 17.3. The summed E-state index contributed by atoms with van der Waals surface area (Å²) in [5, 5.41) is 17.0. The first kappa shape index (κ1) is 27.2. The van der Waals surface area contributed by atoms with Gasteiger partial charge in [0.15, 0.2) is 0 Å². The maximum Gasteiger partial charge on any atom is 0.254 e. The summed E-state index contributed by atoms with van der Waals surface area (Å²) in [7, 11) is 4.04. The highest BCUT2D eigenvalue weighted by atomic mass is 19.1. The van der Waals surface area contributed by atoms with Gasteiger partial charge in [0, 0.05) is 49.9 Å². The monoisotopic (exact) mass is 557 g/mol. The summed E-state index contributed by atoms with van der Waals surface area (Å²) >= 11 is 0. The van der Waals surface area contributed by atoms with Crippen molar-refractivity contribution in [1.82, 2.24) is 24.6 Å². The molecule has 4 aromatic rings. The SMILES string of the molecule is CN(C)Cc1nc(Nc2ccc(-c3cnc4cc(F)ccn34)c3c2C(=O)NC3)ccc1N1CCC[C@@H](C(C)(C)O)C1. The molecule has 0 spiro atoms. The Morgan fingerprint density at radius 2 is 2.05 bits per heavy atom. The van der Waals surface area contributed by atoms with E-state index in [0.29, 0.717) is 35.8 Å². The van der Waals surface area contributed by atoms with Crippen molar-refractivity contribution >= 4 is 28.7 Å². The number of halogens is 1. The minimum Gasteiger partial charge on any atom is -0.390 e. The zero-order chi connectivity index (χ0) is 28.9. The van der Waals surface area contributed by atoms with Crippen LogP contribution in [-0.2, 0) is 13.1 Å². The Morgan fingerprint density at radius 3 is 2.83 bits per heavy atom. The molecule has 1 saturated heterocycles. The van der Waals surface area contributed by atoms with Gasteiger partial charge in [-0.2, -0.15) is 0 Å². The number of piperidine rings is 1. The lowest BCUT2D eigenvalue weighted by molar-refractivity contribution is 0.0110. The molecule has 0 aliphatic carbocycles. The van der Waals surface area contributed by atoms with Gasteiger partial charge < -0.3 is 25.5 Å². The first-order valence-electron chi connectivity index (χ1n) is 14.0. The van der Waals surface area contributed by atoms with Crippen molar-refractivity contribution in [3.63, 3.8) is 0 Å². The fourth-order valence-electron chi connectivity index (χ4n) is 6.03. The van der Waals surface area contributed by atoms with Gasteiger partial charge in [-0.05, 0) is 70.6 Å². The van der Waals surface area contributed by atoms with Gasteiger partial charge in [-0.1, -0.05) is 6.07 Å². The molecule has 9 nitrogen and oxygen atoms in total. The van der Waals surface area contributed by atoms with Gasteiger partial charge in [-0.15, -0.1) is 0 Å². The molecule has 2 aliphatic heterocycles. The number of carbonyl (C=O) groups excluding carboxylic acids is 1. The summed E-state index contributed by atoms with van der Waals surface area (Å²) in [6, 6.07) is 10.7. The van der Waals surface area contributed by atoms with E-state index < -0.39 is 5.60 Å². The van der Waals surface area contributed by atoms with Crippen LogP contribution in [0, 0.1) is 11.7 Å². The highest BCUT2D eigenvalue weighted by molar-refractivity contribution is 6.06. The van der Waals surface area contributed by atoms with Crippen molar-refractivity contribution in [3.05, 3.63) is 71.4 Å². The average molecular weight is 558 g/mol. The molecule has 41 heavy (non-hydrogen) atoms. The predicted molar refractivity (Wildman–Crippen MR) is 158 cm³/mol. The van der Waals surface area contributed by atoms with E-state index in [1.807, 2.05) is 50.5 Å². The van der Waals surface area contributed by atoms with Gasteiger partial charge in [0.05, 0.1) is 40.1 Å². The Balaban J connectivity index is 1.34. The second-order valence-corrected chi connectivity index (χ2v) is 11.9.